The van der Waals surface area contributed by atoms with Gasteiger partial charge < -0.3 is 0 Å². The first-order valence-electron chi connectivity index (χ1n) is 5.62. The van der Waals surface area contributed by atoms with Crippen LogP contribution in [0, 0.1) is 0 Å². The van der Waals surface area contributed by atoms with Crippen molar-refractivity contribution in [1.29, 1.82) is 0 Å². The van der Waals surface area contributed by atoms with E-state index in [-0.39, 0.29) is 5.78 Å². The van der Waals surface area contributed by atoms with E-state index in [2.05, 4.69) is 15.0 Å². The number of halogens is 1. The van der Waals surface area contributed by atoms with Crippen molar-refractivity contribution in [3.05, 3.63) is 47.6 Å². The standard InChI is InChI=1S/C13H9ClN4O/c1-8(19)9-3-2-4-10(5-9)18-7-17-11-12(14)15-6-16-13(11)18/h2-7H,1H3. The second kappa shape index (κ2) is 4.44. The van der Waals surface area contributed by atoms with E-state index in [0.717, 1.165) is 5.69 Å². The Morgan fingerprint density at radius 1 is 1.26 bits per heavy atom. The molecule has 5 nitrogen and oxygen atoms in total. The summed E-state index contributed by atoms with van der Waals surface area (Å²) in [5.74, 6) is 0.0129. The summed E-state index contributed by atoms with van der Waals surface area (Å²) in [6.07, 6.45) is 3.00. The van der Waals surface area contributed by atoms with Gasteiger partial charge in [0.15, 0.2) is 16.6 Å². The number of aromatic nitrogens is 4. The van der Waals surface area contributed by atoms with Gasteiger partial charge in [-0.1, -0.05) is 23.7 Å². The smallest absolute Gasteiger partial charge is 0.169 e. The zero-order chi connectivity index (χ0) is 13.4. The van der Waals surface area contributed by atoms with E-state index in [0.29, 0.717) is 21.9 Å². The Kier molecular flexibility index (Phi) is 2.76. The van der Waals surface area contributed by atoms with Gasteiger partial charge in [0.2, 0.25) is 0 Å². The molecular weight excluding hydrogens is 264 g/mol. The van der Waals surface area contributed by atoms with Gasteiger partial charge in [0.25, 0.3) is 0 Å². The van der Waals surface area contributed by atoms with Gasteiger partial charge in [-0.3, -0.25) is 9.36 Å². The summed E-state index contributed by atoms with van der Waals surface area (Å²) in [6, 6.07) is 7.26. The predicted octanol–water partition coefficient (Wildman–Crippen LogP) is 2.67. The number of benzene rings is 1. The molecular formula is C13H9ClN4O. The maximum Gasteiger partial charge on any atom is 0.169 e. The number of fused-ring (bicyclic) bond motifs is 1. The number of rotatable bonds is 2. The SMILES string of the molecule is CC(=O)c1cccc(-n2cnc3c(Cl)ncnc32)c1. The van der Waals surface area contributed by atoms with Crippen LogP contribution < -0.4 is 0 Å². The normalized spacial score (nSPS) is 10.8. The predicted molar refractivity (Wildman–Crippen MR) is 71.7 cm³/mol. The number of carbonyl (C=O) groups excluding carboxylic acids is 1. The molecule has 0 N–H and O–H groups in total. The highest BCUT2D eigenvalue weighted by Gasteiger charge is 2.10. The van der Waals surface area contributed by atoms with Gasteiger partial charge in [-0.15, -0.1) is 0 Å². The van der Waals surface area contributed by atoms with Crippen molar-refractivity contribution in [3.63, 3.8) is 0 Å². The fourth-order valence-electron chi connectivity index (χ4n) is 1.87. The summed E-state index contributed by atoms with van der Waals surface area (Å²) in [5, 5.41) is 0.312. The van der Waals surface area contributed by atoms with Crippen molar-refractivity contribution in [3.8, 4) is 5.69 Å². The molecule has 1 aromatic carbocycles. The molecule has 2 heterocycles. The minimum Gasteiger partial charge on any atom is -0.295 e. The lowest BCUT2D eigenvalue weighted by Gasteiger charge is -2.04. The van der Waals surface area contributed by atoms with Crippen LogP contribution in [0.4, 0.5) is 0 Å². The first kappa shape index (κ1) is 11.8. The van der Waals surface area contributed by atoms with Gasteiger partial charge in [0.05, 0.1) is 0 Å². The average molecular weight is 273 g/mol. The molecule has 2 aromatic heterocycles. The molecule has 0 bridgehead atoms. The van der Waals surface area contributed by atoms with Crippen LogP contribution in [0.15, 0.2) is 36.9 Å². The zero-order valence-electron chi connectivity index (χ0n) is 10.0. The molecule has 0 unspecified atom stereocenters. The number of Topliss-reactive ketones (excluding diaryl/α,β-unsaturated/α-hetero) is 1. The van der Waals surface area contributed by atoms with E-state index in [1.807, 2.05) is 12.1 Å². The van der Waals surface area contributed by atoms with Gasteiger partial charge in [0, 0.05) is 11.3 Å². The third-order valence-corrected chi connectivity index (χ3v) is 3.10. The van der Waals surface area contributed by atoms with Crippen LogP contribution in [0.2, 0.25) is 5.15 Å². The van der Waals surface area contributed by atoms with Crippen LogP contribution in [0.3, 0.4) is 0 Å². The molecule has 0 fully saturated rings. The molecule has 19 heavy (non-hydrogen) atoms. The summed E-state index contributed by atoms with van der Waals surface area (Å²) in [4.78, 5) is 23.7. The Morgan fingerprint density at radius 3 is 2.89 bits per heavy atom. The summed E-state index contributed by atoms with van der Waals surface area (Å²) in [5.41, 5.74) is 2.60. The molecule has 0 aliphatic heterocycles. The van der Waals surface area contributed by atoms with Crippen LogP contribution in [-0.2, 0) is 0 Å². The van der Waals surface area contributed by atoms with Gasteiger partial charge in [-0.2, -0.15) is 0 Å². The van der Waals surface area contributed by atoms with Crippen LogP contribution in [-0.4, -0.2) is 25.3 Å². The lowest BCUT2D eigenvalue weighted by atomic mass is 10.1. The molecule has 3 rings (SSSR count). The molecule has 0 saturated carbocycles. The maximum absolute atomic E-state index is 11.4. The highest BCUT2D eigenvalue weighted by atomic mass is 35.5. The van der Waals surface area contributed by atoms with Crippen LogP contribution in [0.1, 0.15) is 17.3 Å². The Bertz CT molecular complexity index is 781. The number of nitrogens with zero attached hydrogens (tertiary/aromatic N) is 4. The molecule has 94 valence electrons. The van der Waals surface area contributed by atoms with Crippen LogP contribution in [0.5, 0.6) is 0 Å². The monoisotopic (exact) mass is 272 g/mol. The molecule has 0 spiro atoms. The molecule has 0 aliphatic rings. The Morgan fingerprint density at radius 2 is 2.11 bits per heavy atom. The van der Waals surface area contributed by atoms with Gasteiger partial charge in [0.1, 0.15) is 18.2 Å². The van der Waals surface area contributed by atoms with Gasteiger partial charge in [-0.25, -0.2) is 15.0 Å². The summed E-state index contributed by atoms with van der Waals surface area (Å²) in [6.45, 7) is 1.53. The average Bonchev–Trinajstić information content (AvgIpc) is 2.84. The molecule has 0 aliphatic carbocycles. The first-order valence-corrected chi connectivity index (χ1v) is 5.99. The second-order valence-corrected chi connectivity index (χ2v) is 4.42. The Labute approximate surface area is 113 Å². The number of carbonyl (C=O) groups is 1. The molecule has 0 amide bonds. The number of ketones is 1. The lowest BCUT2D eigenvalue weighted by molar-refractivity contribution is 0.101. The third-order valence-electron chi connectivity index (χ3n) is 2.82. The Balaban J connectivity index is 2.22. The first-order chi connectivity index (χ1) is 9.16. The van der Waals surface area contributed by atoms with E-state index in [9.17, 15) is 4.79 Å². The van der Waals surface area contributed by atoms with E-state index in [4.69, 9.17) is 11.6 Å². The fraction of sp³-hybridized carbons (Fsp3) is 0.0769. The summed E-state index contributed by atoms with van der Waals surface area (Å²) < 4.78 is 1.77. The Hall–Kier alpha value is -2.27. The molecule has 0 radical (unpaired) electrons. The fourth-order valence-corrected chi connectivity index (χ4v) is 2.05. The molecule has 0 saturated heterocycles. The zero-order valence-corrected chi connectivity index (χ0v) is 10.8. The van der Waals surface area contributed by atoms with Crippen molar-refractivity contribution in [2.24, 2.45) is 0 Å². The second-order valence-electron chi connectivity index (χ2n) is 4.06. The van der Waals surface area contributed by atoms with E-state index in [1.165, 1.54) is 13.3 Å². The summed E-state index contributed by atoms with van der Waals surface area (Å²) in [7, 11) is 0. The highest BCUT2D eigenvalue weighted by molar-refractivity contribution is 6.33. The number of hydrogen-bond acceptors (Lipinski definition) is 4. The minimum atomic E-state index is 0.0129. The van der Waals surface area contributed by atoms with Crippen molar-refractivity contribution in [2.75, 3.05) is 0 Å². The van der Waals surface area contributed by atoms with Crippen molar-refractivity contribution in [2.45, 2.75) is 6.92 Å². The number of imidazole rings is 1. The quantitative estimate of drug-likeness (QED) is 0.531. The van der Waals surface area contributed by atoms with Crippen molar-refractivity contribution in [1.82, 2.24) is 19.5 Å². The maximum atomic E-state index is 11.4. The molecule has 0 atom stereocenters. The minimum absolute atomic E-state index is 0.0129. The molecule has 3 aromatic rings. The van der Waals surface area contributed by atoms with E-state index < -0.39 is 0 Å². The topological polar surface area (TPSA) is 60.7 Å². The van der Waals surface area contributed by atoms with Crippen molar-refractivity contribution < 1.29 is 4.79 Å². The van der Waals surface area contributed by atoms with Gasteiger partial charge >= 0.3 is 0 Å². The van der Waals surface area contributed by atoms with Crippen molar-refractivity contribution >= 4 is 28.5 Å². The third kappa shape index (κ3) is 1.98. The molecule has 6 heteroatoms. The van der Waals surface area contributed by atoms with Crippen LogP contribution in [0.25, 0.3) is 16.9 Å². The largest absolute Gasteiger partial charge is 0.295 e. The lowest BCUT2D eigenvalue weighted by Crippen LogP contribution is -1.98. The highest BCUT2D eigenvalue weighted by Crippen LogP contribution is 2.21. The van der Waals surface area contributed by atoms with Gasteiger partial charge in [-0.05, 0) is 19.1 Å². The van der Waals surface area contributed by atoms with E-state index >= 15 is 0 Å². The van der Waals surface area contributed by atoms with Crippen LogP contribution >= 0.6 is 11.6 Å². The van der Waals surface area contributed by atoms with E-state index in [1.54, 1.807) is 23.0 Å². The number of hydrogen-bond donors (Lipinski definition) is 0. The summed E-state index contributed by atoms with van der Waals surface area (Å²) >= 11 is 5.96.